The quantitative estimate of drug-likeness (QED) is 0.765. The number of rotatable bonds is 6. The molecule has 2 aromatic rings. The fraction of sp³-hybridized carbons (Fsp3) is 0.455. The molecule has 0 aliphatic carbocycles. The largest absolute Gasteiger partial charge is 0.469 e. The molecule has 0 radical (unpaired) electrons. The van der Waals surface area contributed by atoms with Crippen LogP contribution in [0.5, 0.6) is 0 Å². The molecule has 2 aromatic heterocycles. The van der Waals surface area contributed by atoms with Crippen molar-refractivity contribution in [1.29, 1.82) is 0 Å². The van der Waals surface area contributed by atoms with Crippen LogP contribution in [0.3, 0.4) is 0 Å². The van der Waals surface area contributed by atoms with Crippen LogP contribution < -0.4 is 5.32 Å². The van der Waals surface area contributed by atoms with Crippen LogP contribution in [0.4, 0.5) is 0 Å². The highest BCUT2D eigenvalue weighted by atomic mass is 16.5. The summed E-state index contributed by atoms with van der Waals surface area (Å²) in [6.45, 7) is 3.80. The van der Waals surface area contributed by atoms with Gasteiger partial charge in [0.15, 0.2) is 0 Å². The molecule has 0 unspecified atom stereocenters. The highest BCUT2D eigenvalue weighted by Crippen LogP contribution is 2.20. The molecule has 92 valence electrons. The van der Waals surface area contributed by atoms with E-state index < -0.39 is 0 Å². The first kappa shape index (κ1) is 11.8. The maximum atomic E-state index is 5.19. The van der Waals surface area contributed by atoms with Gasteiger partial charge in [0.2, 0.25) is 11.7 Å². The Hall–Kier alpha value is -1.66. The summed E-state index contributed by atoms with van der Waals surface area (Å²) in [7, 11) is 1.66. The summed E-state index contributed by atoms with van der Waals surface area (Å²) in [5, 5.41) is 7.03. The van der Waals surface area contributed by atoms with Gasteiger partial charge in [0.25, 0.3) is 0 Å². The van der Waals surface area contributed by atoms with Crippen LogP contribution >= 0.6 is 0 Å². The molecule has 6 nitrogen and oxygen atoms in total. The molecule has 17 heavy (non-hydrogen) atoms. The second-order valence-electron chi connectivity index (χ2n) is 3.57. The van der Waals surface area contributed by atoms with Gasteiger partial charge in [-0.15, -0.1) is 0 Å². The van der Waals surface area contributed by atoms with Gasteiger partial charge in [-0.2, -0.15) is 4.98 Å². The molecule has 0 atom stereocenters. The number of hydrogen-bond acceptors (Lipinski definition) is 6. The topological polar surface area (TPSA) is 73.3 Å². The molecule has 0 aliphatic rings. The van der Waals surface area contributed by atoms with Gasteiger partial charge >= 0.3 is 0 Å². The van der Waals surface area contributed by atoms with E-state index in [1.165, 1.54) is 0 Å². The molecule has 0 fully saturated rings. The third-order valence-corrected chi connectivity index (χ3v) is 2.33. The average Bonchev–Trinajstić information content (AvgIpc) is 2.93. The van der Waals surface area contributed by atoms with Crippen molar-refractivity contribution in [3.8, 4) is 11.4 Å². The van der Waals surface area contributed by atoms with Crippen molar-refractivity contribution < 1.29 is 13.7 Å². The van der Waals surface area contributed by atoms with Crippen LogP contribution in [0.25, 0.3) is 11.4 Å². The predicted molar refractivity (Wildman–Crippen MR) is 60.3 cm³/mol. The van der Waals surface area contributed by atoms with E-state index in [1.807, 2.05) is 13.0 Å². The first-order valence-electron chi connectivity index (χ1n) is 5.38. The molecule has 0 bridgehead atoms. The average molecular weight is 237 g/mol. The molecule has 2 rings (SSSR count). The SMILES string of the molecule is COCCNCc1nc(-c2ccoc2C)no1. The van der Waals surface area contributed by atoms with E-state index in [1.54, 1.807) is 13.4 Å². The zero-order chi connectivity index (χ0) is 12.1. The lowest BCUT2D eigenvalue weighted by Gasteiger charge is -1.98. The fourth-order valence-electron chi connectivity index (χ4n) is 1.42. The molecule has 0 aromatic carbocycles. The van der Waals surface area contributed by atoms with Crippen molar-refractivity contribution in [1.82, 2.24) is 15.5 Å². The van der Waals surface area contributed by atoms with Gasteiger partial charge in [0.05, 0.1) is 25.0 Å². The van der Waals surface area contributed by atoms with Crippen molar-refractivity contribution in [3.63, 3.8) is 0 Å². The van der Waals surface area contributed by atoms with Crippen molar-refractivity contribution in [2.45, 2.75) is 13.5 Å². The minimum Gasteiger partial charge on any atom is -0.469 e. The summed E-state index contributed by atoms with van der Waals surface area (Å²) >= 11 is 0. The number of furan rings is 1. The van der Waals surface area contributed by atoms with E-state index in [9.17, 15) is 0 Å². The summed E-state index contributed by atoms with van der Waals surface area (Å²) in [5.41, 5.74) is 0.858. The molecule has 2 heterocycles. The van der Waals surface area contributed by atoms with Crippen molar-refractivity contribution in [3.05, 3.63) is 24.0 Å². The molecule has 0 amide bonds. The number of methoxy groups -OCH3 is 1. The van der Waals surface area contributed by atoms with E-state index in [4.69, 9.17) is 13.7 Å². The highest BCUT2D eigenvalue weighted by molar-refractivity contribution is 5.55. The monoisotopic (exact) mass is 237 g/mol. The molecular formula is C11H15N3O3. The van der Waals surface area contributed by atoms with Crippen molar-refractivity contribution >= 4 is 0 Å². The first-order chi connectivity index (χ1) is 8.31. The van der Waals surface area contributed by atoms with E-state index >= 15 is 0 Å². The maximum absolute atomic E-state index is 5.19. The Morgan fingerprint density at radius 3 is 3.06 bits per heavy atom. The van der Waals surface area contributed by atoms with Gasteiger partial charge in [-0.05, 0) is 13.0 Å². The Bertz CT molecular complexity index is 464. The van der Waals surface area contributed by atoms with Gasteiger partial charge in [-0.3, -0.25) is 0 Å². The maximum Gasteiger partial charge on any atom is 0.240 e. The summed E-state index contributed by atoms with van der Waals surface area (Å²) in [6.07, 6.45) is 1.61. The summed E-state index contributed by atoms with van der Waals surface area (Å²) < 4.78 is 15.2. The van der Waals surface area contributed by atoms with Gasteiger partial charge in [-0.25, -0.2) is 0 Å². The minimum atomic E-state index is 0.535. The van der Waals surface area contributed by atoms with Crippen LogP contribution in [0.15, 0.2) is 21.3 Å². The van der Waals surface area contributed by atoms with E-state index in [0.29, 0.717) is 24.9 Å². The Balaban J connectivity index is 1.95. The number of aryl methyl sites for hydroxylation is 1. The van der Waals surface area contributed by atoms with Crippen molar-refractivity contribution in [2.75, 3.05) is 20.3 Å². The molecule has 0 aliphatic heterocycles. The third-order valence-electron chi connectivity index (χ3n) is 2.33. The summed E-state index contributed by atoms with van der Waals surface area (Å²) in [4.78, 5) is 4.27. The summed E-state index contributed by atoms with van der Waals surface area (Å²) in [5.74, 6) is 1.89. The number of ether oxygens (including phenoxy) is 1. The number of nitrogens with zero attached hydrogens (tertiary/aromatic N) is 2. The lowest BCUT2D eigenvalue weighted by molar-refractivity contribution is 0.197. The van der Waals surface area contributed by atoms with Crippen LogP contribution in [-0.2, 0) is 11.3 Å². The van der Waals surface area contributed by atoms with E-state index in [2.05, 4.69) is 15.5 Å². The Labute approximate surface area is 99.0 Å². The van der Waals surface area contributed by atoms with Gasteiger partial charge < -0.3 is 19.0 Å². The minimum absolute atomic E-state index is 0.535. The fourth-order valence-corrected chi connectivity index (χ4v) is 1.42. The Kier molecular flexibility index (Phi) is 3.89. The smallest absolute Gasteiger partial charge is 0.240 e. The molecular weight excluding hydrogens is 222 g/mol. The highest BCUT2D eigenvalue weighted by Gasteiger charge is 2.12. The van der Waals surface area contributed by atoms with Gasteiger partial charge in [-0.1, -0.05) is 5.16 Å². The second-order valence-corrected chi connectivity index (χ2v) is 3.57. The van der Waals surface area contributed by atoms with Gasteiger partial charge in [0, 0.05) is 13.7 Å². The molecule has 1 N–H and O–H groups in total. The predicted octanol–water partition coefficient (Wildman–Crippen LogP) is 1.37. The standard InChI is InChI=1S/C11H15N3O3/c1-8-9(3-5-16-8)11-13-10(17-14-11)7-12-4-6-15-2/h3,5,12H,4,6-7H2,1-2H3. The first-order valence-corrected chi connectivity index (χ1v) is 5.38. The van der Waals surface area contributed by atoms with Crippen molar-refractivity contribution in [2.24, 2.45) is 0 Å². The molecule has 0 saturated heterocycles. The zero-order valence-electron chi connectivity index (χ0n) is 9.90. The van der Waals surface area contributed by atoms with E-state index in [0.717, 1.165) is 17.9 Å². The van der Waals surface area contributed by atoms with Crippen LogP contribution in [0.1, 0.15) is 11.7 Å². The molecule has 0 saturated carbocycles. The second kappa shape index (κ2) is 5.60. The Morgan fingerprint density at radius 2 is 2.35 bits per heavy atom. The molecule has 0 spiro atoms. The number of hydrogen-bond donors (Lipinski definition) is 1. The normalized spacial score (nSPS) is 10.9. The van der Waals surface area contributed by atoms with Gasteiger partial charge in [0.1, 0.15) is 5.76 Å². The van der Waals surface area contributed by atoms with Crippen LogP contribution in [0, 0.1) is 6.92 Å². The Morgan fingerprint density at radius 1 is 1.47 bits per heavy atom. The zero-order valence-corrected chi connectivity index (χ0v) is 9.90. The lowest BCUT2D eigenvalue weighted by Crippen LogP contribution is -2.18. The van der Waals surface area contributed by atoms with Crippen LogP contribution in [0.2, 0.25) is 0 Å². The lowest BCUT2D eigenvalue weighted by atomic mass is 10.2. The van der Waals surface area contributed by atoms with Crippen LogP contribution in [-0.4, -0.2) is 30.4 Å². The number of nitrogens with one attached hydrogen (secondary N) is 1. The third kappa shape index (κ3) is 2.92. The number of aromatic nitrogens is 2. The summed E-state index contributed by atoms with van der Waals surface area (Å²) in [6, 6.07) is 1.82. The molecule has 6 heteroatoms. The van der Waals surface area contributed by atoms with E-state index in [-0.39, 0.29) is 0 Å².